The first-order chi connectivity index (χ1) is 14.5. The molecule has 30 heavy (non-hydrogen) atoms. The summed E-state index contributed by atoms with van der Waals surface area (Å²) >= 11 is 0. The van der Waals surface area contributed by atoms with Crippen molar-refractivity contribution in [3.63, 3.8) is 0 Å². The van der Waals surface area contributed by atoms with Crippen LogP contribution in [0.5, 0.6) is 5.75 Å². The van der Waals surface area contributed by atoms with Gasteiger partial charge in [0.15, 0.2) is 0 Å². The lowest BCUT2D eigenvalue weighted by Gasteiger charge is -2.34. The van der Waals surface area contributed by atoms with E-state index >= 15 is 0 Å². The lowest BCUT2D eigenvalue weighted by molar-refractivity contribution is 0.131. The lowest BCUT2D eigenvalue weighted by atomic mass is 10.1. The molecular formula is C24H31N5O. The summed E-state index contributed by atoms with van der Waals surface area (Å²) in [5, 5.41) is 0. The van der Waals surface area contributed by atoms with E-state index < -0.39 is 0 Å². The van der Waals surface area contributed by atoms with Crippen LogP contribution in [0.25, 0.3) is 16.9 Å². The average Bonchev–Trinajstić information content (AvgIpc) is 3.10. The summed E-state index contributed by atoms with van der Waals surface area (Å²) in [4.78, 5) is 9.94. The summed E-state index contributed by atoms with van der Waals surface area (Å²) in [7, 11) is 0. The minimum atomic E-state index is 0.530. The molecular weight excluding hydrogens is 374 g/mol. The number of hydrogen-bond donors (Lipinski definition) is 1. The predicted octanol–water partition coefficient (Wildman–Crippen LogP) is 3.68. The minimum absolute atomic E-state index is 0.530. The minimum Gasteiger partial charge on any atom is -0.489 e. The molecule has 0 amide bonds. The van der Waals surface area contributed by atoms with Gasteiger partial charge in [-0.1, -0.05) is 13.5 Å². The molecule has 0 radical (unpaired) electrons. The molecule has 0 atom stereocenters. The fourth-order valence-electron chi connectivity index (χ4n) is 3.88. The number of benzene rings is 1. The fraction of sp³-hybridized carbons (Fsp3) is 0.375. The topological polar surface area (TPSA) is 59.0 Å². The van der Waals surface area contributed by atoms with Crippen LogP contribution >= 0.6 is 0 Å². The monoisotopic (exact) mass is 405 g/mol. The summed E-state index contributed by atoms with van der Waals surface area (Å²) in [6.07, 6.45) is 1.98. The highest BCUT2D eigenvalue weighted by molar-refractivity contribution is 5.68. The zero-order valence-corrected chi connectivity index (χ0v) is 18.0. The van der Waals surface area contributed by atoms with Crippen LogP contribution in [0.3, 0.4) is 0 Å². The highest BCUT2D eigenvalue weighted by Crippen LogP contribution is 2.28. The molecule has 2 N–H and O–H groups in total. The molecule has 1 fully saturated rings. The van der Waals surface area contributed by atoms with E-state index in [1.807, 2.05) is 37.4 Å². The third kappa shape index (κ3) is 4.50. The number of hydrogen-bond acceptors (Lipinski definition) is 5. The maximum atomic E-state index is 6.10. The Morgan fingerprint density at radius 2 is 1.77 bits per heavy atom. The first-order valence-electron chi connectivity index (χ1n) is 10.6. The van der Waals surface area contributed by atoms with Gasteiger partial charge in [0.05, 0.1) is 11.4 Å². The second-order valence-electron chi connectivity index (χ2n) is 8.08. The Morgan fingerprint density at radius 3 is 2.43 bits per heavy atom. The van der Waals surface area contributed by atoms with Crippen LogP contribution in [0.4, 0.5) is 5.69 Å². The van der Waals surface area contributed by atoms with Crippen LogP contribution in [-0.2, 0) is 6.54 Å². The Kier molecular flexibility index (Phi) is 6.06. The molecule has 4 rings (SSSR count). The molecule has 0 unspecified atom stereocenters. The Bertz CT molecular complexity index is 1020. The van der Waals surface area contributed by atoms with Crippen LogP contribution in [-0.4, -0.2) is 58.5 Å². The largest absolute Gasteiger partial charge is 0.489 e. The molecule has 3 aromatic rings. The van der Waals surface area contributed by atoms with E-state index in [0.717, 1.165) is 73.2 Å². The third-order valence-electron chi connectivity index (χ3n) is 5.64. The highest BCUT2D eigenvalue weighted by Gasteiger charge is 2.21. The van der Waals surface area contributed by atoms with Gasteiger partial charge in [0.1, 0.15) is 18.0 Å². The third-order valence-corrected chi connectivity index (χ3v) is 5.64. The smallest absolute Gasteiger partial charge is 0.137 e. The second-order valence-corrected chi connectivity index (χ2v) is 8.08. The number of fused-ring (bicyclic) bond motifs is 1. The summed E-state index contributed by atoms with van der Waals surface area (Å²) in [6, 6.07) is 12.1. The summed E-state index contributed by atoms with van der Waals surface area (Å²) in [6.45, 7) is 14.9. The number of ether oxygens (including phenoxy) is 1. The Morgan fingerprint density at radius 1 is 1.07 bits per heavy atom. The average molecular weight is 406 g/mol. The summed E-state index contributed by atoms with van der Waals surface area (Å²) < 4.78 is 7.89. The van der Waals surface area contributed by atoms with Gasteiger partial charge in [0.25, 0.3) is 0 Å². The van der Waals surface area contributed by atoms with Gasteiger partial charge in [-0.25, -0.2) is 4.98 Å². The number of nitrogens with two attached hydrogens (primary N) is 1. The molecule has 158 valence electrons. The molecule has 1 saturated heterocycles. The van der Waals surface area contributed by atoms with Crippen molar-refractivity contribution in [2.24, 2.45) is 0 Å². The molecule has 0 saturated carbocycles. The summed E-state index contributed by atoms with van der Waals surface area (Å²) in [5.41, 5.74) is 12.0. The van der Waals surface area contributed by atoms with E-state index in [9.17, 15) is 0 Å². The van der Waals surface area contributed by atoms with E-state index in [1.54, 1.807) is 0 Å². The molecule has 0 bridgehead atoms. The van der Waals surface area contributed by atoms with Crippen molar-refractivity contribution >= 4 is 11.3 Å². The highest BCUT2D eigenvalue weighted by atomic mass is 16.5. The number of aromatic nitrogens is 2. The van der Waals surface area contributed by atoms with Crippen LogP contribution < -0.4 is 10.5 Å². The van der Waals surface area contributed by atoms with Gasteiger partial charge in [0.2, 0.25) is 0 Å². The summed E-state index contributed by atoms with van der Waals surface area (Å²) in [5.74, 6) is 0.840. The van der Waals surface area contributed by atoms with Gasteiger partial charge in [-0.3, -0.25) is 4.90 Å². The number of nitrogen functional groups attached to an aromatic ring is 1. The fourth-order valence-corrected chi connectivity index (χ4v) is 3.88. The van der Waals surface area contributed by atoms with Gasteiger partial charge < -0.3 is 19.8 Å². The second kappa shape index (κ2) is 8.90. The molecule has 0 spiro atoms. The van der Waals surface area contributed by atoms with E-state index in [4.69, 9.17) is 15.5 Å². The van der Waals surface area contributed by atoms with Crippen molar-refractivity contribution in [2.45, 2.75) is 20.4 Å². The zero-order valence-electron chi connectivity index (χ0n) is 18.0. The van der Waals surface area contributed by atoms with Crippen molar-refractivity contribution < 1.29 is 4.74 Å². The first kappa shape index (κ1) is 20.4. The number of nitrogens with zero attached hydrogens (tertiary/aromatic N) is 4. The van der Waals surface area contributed by atoms with E-state index in [1.165, 1.54) is 5.69 Å². The van der Waals surface area contributed by atoms with Crippen LogP contribution in [0.15, 0.2) is 54.7 Å². The zero-order chi connectivity index (χ0) is 21.1. The van der Waals surface area contributed by atoms with E-state index in [0.29, 0.717) is 6.61 Å². The van der Waals surface area contributed by atoms with E-state index in [2.05, 4.69) is 39.8 Å². The van der Waals surface area contributed by atoms with Crippen LogP contribution in [0.1, 0.15) is 19.5 Å². The number of pyridine rings is 1. The molecule has 1 aliphatic heterocycles. The number of likely N-dealkylation sites (N-methyl/N-ethyl adjacent to an activating group) is 1. The maximum Gasteiger partial charge on any atom is 0.137 e. The van der Waals surface area contributed by atoms with Gasteiger partial charge in [-0.05, 0) is 55.4 Å². The van der Waals surface area contributed by atoms with Gasteiger partial charge in [-0.15, -0.1) is 0 Å². The van der Waals surface area contributed by atoms with Crippen LogP contribution in [0.2, 0.25) is 0 Å². The SMILES string of the molecule is C=C(C)COc1ccc(-c2nc3ccc(N)cn3c2CN2CCN(CC)CC2)cc1. The molecule has 6 nitrogen and oxygen atoms in total. The van der Waals surface area contributed by atoms with Crippen molar-refractivity contribution in [3.05, 3.63) is 60.4 Å². The molecule has 2 aromatic heterocycles. The van der Waals surface area contributed by atoms with Gasteiger partial charge >= 0.3 is 0 Å². The molecule has 1 aromatic carbocycles. The number of imidazole rings is 1. The first-order valence-corrected chi connectivity index (χ1v) is 10.6. The Hall–Kier alpha value is -2.83. The predicted molar refractivity (Wildman–Crippen MR) is 123 cm³/mol. The van der Waals surface area contributed by atoms with Crippen molar-refractivity contribution in [1.29, 1.82) is 0 Å². The van der Waals surface area contributed by atoms with Crippen molar-refractivity contribution in [2.75, 3.05) is 45.1 Å². The van der Waals surface area contributed by atoms with E-state index in [-0.39, 0.29) is 0 Å². The Balaban J connectivity index is 1.64. The maximum absolute atomic E-state index is 6.10. The number of piperazine rings is 1. The number of rotatable bonds is 7. The molecule has 1 aliphatic rings. The van der Waals surface area contributed by atoms with Gasteiger partial charge in [-0.2, -0.15) is 0 Å². The van der Waals surface area contributed by atoms with Crippen molar-refractivity contribution in [3.8, 4) is 17.0 Å². The lowest BCUT2D eigenvalue weighted by Crippen LogP contribution is -2.45. The number of anilines is 1. The van der Waals surface area contributed by atoms with Crippen molar-refractivity contribution in [1.82, 2.24) is 19.2 Å². The van der Waals surface area contributed by atoms with Gasteiger partial charge in [0, 0.05) is 50.2 Å². The Labute approximate surface area is 178 Å². The molecule has 3 heterocycles. The quantitative estimate of drug-likeness (QED) is 0.608. The standard InChI is InChI=1S/C24H31N5O/c1-4-27-11-13-28(14-12-27)16-22-24(26-23-10-7-20(25)15-29(22)23)19-5-8-21(9-6-19)30-17-18(2)3/h5-10,15H,2,4,11-14,16-17,25H2,1,3H3. The molecule has 0 aliphatic carbocycles. The molecule has 6 heteroatoms. The van der Waals surface area contributed by atoms with Crippen LogP contribution in [0, 0.1) is 0 Å². The normalized spacial score (nSPS) is 15.5.